The molecule has 0 saturated heterocycles. The van der Waals surface area contributed by atoms with Gasteiger partial charge in [-0.2, -0.15) is 5.10 Å². The van der Waals surface area contributed by atoms with E-state index in [4.69, 9.17) is 4.74 Å². The van der Waals surface area contributed by atoms with Gasteiger partial charge in [0.15, 0.2) is 5.82 Å². The molecule has 0 saturated carbocycles. The molecule has 0 unspecified atom stereocenters. The van der Waals surface area contributed by atoms with Crippen molar-refractivity contribution in [3.8, 4) is 28.1 Å². The number of rotatable bonds is 5. The minimum absolute atomic E-state index is 0.0203. The number of aryl methyl sites for hydroxylation is 1. The molecule has 2 aromatic carbocycles. The van der Waals surface area contributed by atoms with Crippen molar-refractivity contribution in [1.82, 2.24) is 14.9 Å². The van der Waals surface area contributed by atoms with Crippen molar-refractivity contribution in [3.05, 3.63) is 77.0 Å². The molecule has 0 fully saturated rings. The van der Waals surface area contributed by atoms with Crippen LogP contribution in [-0.4, -0.2) is 40.8 Å². The molecule has 4 rings (SSSR count). The zero-order chi connectivity index (χ0) is 23.9. The largest absolute Gasteiger partial charge is 0.496 e. The molecule has 0 aliphatic heterocycles. The van der Waals surface area contributed by atoms with Gasteiger partial charge >= 0.3 is 5.97 Å². The monoisotopic (exact) mass is 451 g/mol. The quantitative estimate of drug-likeness (QED) is 0.471. The Morgan fingerprint density at radius 1 is 1.09 bits per heavy atom. The van der Waals surface area contributed by atoms with E-state index in [9.17, 15) is 19.1 Å². The number of nitrogens with zero attached hydrogens (tertiary/aromatic N) is 2. The fraction of sp³-hybridized carbons (Fsp3) is 0.125. The Balaban J connectivity index is 2.02. The van der Waals surface area contributed by atoms with Crippen molar-refractivity contribution in [2.24, 2.45) is 0 Å². The summed E-state index contributed by atoms with van der Waals surface area (Å²) in [5.74, 6) is -2.84. The predicted octanol–water partition coefficient (Wildman–Crippen LogP) is 4.32. The molecule has 168 valence electrons. The molecule has 0 radical (unpaired) electrons. The molecule has 2 aromatic heterocycles. The highest BCUT2D eigenvalue weighted by Crippen LogP contribution is 2.36. The van der Waals surface area contributed by atoms with E-state index in [0.29, 0.717) is 16.7 Å². The van der Waals surface area contributed by atoms with E-state index in [1.807, 2.05) is 0 Å². The van der Waals surface area contributed by atoms with Crippen molar-refractivity contribution < 1.29 is 28.2 Å². The number of fused-ring (bicyclic) bond motifs is 1. The van der Waals surface area contributed by atoms with Gasteiger partial charge in [-0.05, 0) is 60.5 Å². The topological polar surface area (TPSA) is 92.9 Å². The van der Waals surface area contributed by atoms with E-state index in [1.165, 1.54) is 67.3 Å². The summed E-state index contributed by atoms with van der Waals surface area (Å²) in [5, 5.41) is 16.4. The smallest absolute Gasteiger partial charge is 0.339 e. The van der Waals surface area contributed by atoms with Crippen molar-refractivity contribution in [3.63, 3.8) is 0 Å². The second-order valence-corrected chi connectivity index (χ2v) is 7.32. The van der Waals surface area contributed by atoms with E-state index in [0.717, 1.165) is 0 Å². The van der Waals surface area contributed by atoms with Crippen LogP contribution in [0.1, 0.15) is 26.3 Å². The van der Waals surface area contributed by atoms with Gasteiger partial charge in [-0.1, -0.05) is 0 Å². The van der Waals surface area contributed by atoms with Gasteiger partial charge in [0.2, 0.25) is 0 Å². The van der Waals surface area contributed by atoms with E-state index in [2.05, 4.69) is 10.4 Å². The average molecular weight is 451 g/mol. The lowest BCUT2D eigenvalue weighted by atomic mass is 9.96. The molecule has 33 heavy (non-hydrogen) atoms. The van der Waals surface area contributed by atoms with Crippen LogP contribution in [-0.2, 0) is 0 Å². The lowest BCUT2D eigenvalue weighted by Gasteiger charge is -2.13. The first-order valence-corrected chi connectivity index (χ1v) is 9.88. The maximum absolute atomic E-state index is 15.9. The van der Waals surface area contributed by atoms with Gasteiger partial charge in [0.25, 0.3) is 5.91 Å². The van der Waals surface area contributed by atoms with Gasteiger partial charge in [-0.15, -0.1) is 0 Å². The van der Waals surface area contributed by atoms with E-state index < -0.39 is 23.5 Å². The van der Waals surface area contributed by atoms with Crippen LogP contribution in [0.3, 0.4) is 0 Å². The van der Waals surface area contributed by atoms with Crippen LogP contribution in [0.15, 0.2) is 48.7 Å². The van der Waals surface area contributed by atoms with Crippen LogP contribution in [0.4, 0.5) is 8.78 Å². The lowest BCUT2D eigenvalue weighted by molar-refractivity contribution is 0.0693. The Morgan fingerprint density at radius 2 is 1.79 bits per heavy atom. The number of halogens is 2. The SMILES string of the molecule is CNC(=O)c1c(-c2ccc(F)cc2)nn2ccc(-c3cc(C(=O)O)c(OC)cc3C)c(F)c12. The number of carbonyl (C=O) groups excluding carboxylic acids is 1. The molecular formula is C24H19F2N3O4. The average Bonchev–Trinajstić information content (AvgIpc) is 3.19. The maximum Gasteiger partial charge on any atom is 0.339 e. The Bertz CT molecular complexity index is 1410. The Kier molecular flexibility index (Phi) is 5.55. The highest BCUT2D eigenvalue weighted by atomic mass is 19.1. The Morgan fingerprint density at radius 3 is 2.39 bits per heavy atom. The normalized spacial score (nSPS) is 10.9. The molecule has 0 spiro atoms. The number of carbonyl (C=O) groups is 2. The van der Waals surface area contributed by atoms with E-state index in [-0.39, 0.29) is 33.7 Å². The number of benzene rings is 2. The molecule has 7 nitrogen and oxygen atoms in total. The predicted molar refractivity (Wildman–Crippen MR) is 118 cm³/mol. The molecule has 2 N–H and O–H groups in total. The van der Waals surface area contributed by atoms with Gasteiger partial charge < -0.3 is 15.2 Å². The number of pyridine rings is 1. The third-order valence-electron chi connectivity index (χ3n) is 5.38. The van der Waals surface area contributed by atoms with Gasteiger partial charge in [0.1, 0.15) is 28.3 Å². The summed E-state index contributed by atoms with van der Waals surface area (Å²) >= 11 is 0. The third kappa shape index (κ3) is 3.67. The van der Waals surface area contributed by atoms with Gasteiger partial charge in [0.05, 0.1) is 12.7 Å². The number of amides is 1. The highest BCUT2D eigenvalue weighted by molar-refractivity contribution is 6.07. The molecule has 1 amide bonds. The summed E-state index contributed by atoms with van der Waals surface area (Å²) in [6, 6.07) is 9.67. The summed E-state index contributed by atoms with van der Waals surface area (Å²) < 4.78 is 35.7. The third-order valence-corrected chi connectivity index (χ3v) is 5.38. The van der Waals surface area contributed by atoms with Crippen molar-refractivity contribution in [2.45, 2.75) is 6.92 Å². The summed E-state index contributed by atoms with van der Waals surface area (Å²) in [4.78, 5) is 24.4. The minimum Gasteiger partial charge on any atom is -0.496 e. The summed E-state index contributed by atoms with van der Waals surface area (Å²) in [6.07, 6.45) is 1.48. The van der Waals surface area contributed by atoms with Crippen LogP contribution in [0.2, 0.25) is 0 Å². The van der Waals surface area contributed by atoms with Crippen LogP contribution >= 0.6 is 0 Å². The maximum atomic E-state index is 15.9. The molecule has 0 bridgehead atoms. The number of nitrogens with one attached hydrogen (secondary N) is 1. The zero-order valence-corrected chi connectivity index (χ0v) is 17.9. The minimum atomic E-state index is -1.22. The molecule has 0 atom stereocenters. The standard InChI is InChI=1S/C24H19F2N3O4/c1-12-10-18(33-3)17(24(31)32)11-16(12)15-8-9-29-22(20(15)26)19(23(30)27-2)21(28-29)13-4-6-14(25)7-5-13/h4-11H,1-3H3,(H,27,30)(H,31,32). The van der Waals surface area contributed by atoms with Crippen molar-refractivity contribution in [1.29, 1.82) is 0 Å². The first-order chi connectivity index (χ1) is 15.8. The van der Waals surface area contributed by atoms with Gasteiger partial charge in [-0.3, -0.25) is 4.79 Å². The van der Waals surface area contributed by atoms with E-state index >= 15 is 4.39 Å². The lowest BCUT2D eigenvalue weighted by Crippen LogP contribution is -2.18. The number of aromatic carboxylic acids is 1. The van der Waals surface area contributed by atoms with Crippen LogP contribution in [0.25, 0.3) is 27.9 Å². The first kappa shape index (κ1) is 21.9. The fourth-order valence-electron chi connectivity index (χ4n) is 3.76. The zero-order valence-electron chi connectivity index (χ0n) is 17.9. The summed E-state index contributed by atoms with van der Waals surface area (Å²) in [6.45, 7) is 1.70. The molecule has 0 aliphatic carbocycles. The van der Waals surface area contributed by atoms with Crippen LogP contribution < -0.4 is 10.1 Å². The van der Waals surface area contributed by atoms with Crippen LogP contribution in [0.5, 0.6) is 5.75 Å². The van der Waals surface area contributed by atoms with E-state index in [1.54, 1.807) is 6.92 Å². The van der Waals surface area contributed by atoms with Crippen molar-refractivity contribution in [2.75, 3.05) is 14.2 Å². The molecule has 4 aromatic rings. The molecule has 0 aliphatic rings. The fourth-order valence-corrected chi connectivity index (χ4v) is 3.76. The van der Waals surface area contributed by atoms with Gasteiger partial charge in [-0.25, -0.2) is 18.1 Å². The number of ether oxygens (including phenoxy) is 1. The number of carboxylic acid groups (broad SMARTS) is 1. The second-order valence-electron chi connectivity index (χ2n) is 7.32. The summed E-state index contributed by atoms with van der Waals surface area (Å²) in [7, 11) is 2.77. The Hall–Kier alpha value is -4.27. The number of carboxylic acids is 1. The highest BCUT2D eigenvalue weighted by Gasteiger charge is 2.26. The summed E-state index contributed by atoms with van der Waals surface area (Å²) in [5.41, 5.74) is 1.41. The first-order valence-electron chi connectivity index (χ1n) is 9.88. The molecular weight excluding hydrogens is 432 g/mol. The number of aromatic nitrogens is 2. The van der Waals surface area contributed by atoms with Crippen molar-refractivity contribution >= 4 is 17.4 Å². The number of hydrogen-bond donors (Lipinski definition) is 2. The van der Waals surface area contributed by atoms with Gasteiger partial charge in [0, 0.05) is 24.4 Å². The molecule has 2 heterocycles. The number of methoxy groups -OCH3 is 1. The second kappa shape index (κ2) is 8.34. The Labute approximate surface area is 187 Å². The number of hydrogen-bond acceptors (Lipinski definition) is 4. The van der Waals surface area contributed by atoms with Crippen LogP contribution in [0, 0.1) is 18.6 Å². The molecule has 9 heteroatoms.